The number of rotatable bonds is 8. The third-order valence-corrected chi connectivity index (χ3v) is 7.19. The summed E-state index contributed by atoms with van der Waals surface area (Å²) in [6, 6.07) is -2.59. The highest BCUT2D eigenvalue weighted by Gasteiger charge is 2.69. The van der Waals surface area contributed by atoms with Crippen LogP contribution in [0.5, 0.6) is 0 Å². The Balaban J connectivity index is 1.78. The van der Waals surface area contributed by atoms with Crippen molar-refractivity contribution in [2.45, 2.75) is 63.8 Å². The normalized spacial score (nSPS) is 28.5. The van der Waals surface area contributed by atoms with Crippen molar-refractivity contribution in [1.82, 2.24) is 20.9 Å². The van der Waals surface area contributed by atoms with Crippen LogP contribution in [-0.2, 0) is 19.2 Å². The number of hydrogen-bond acceptors (Lipinski definition) is 5. The largest absolute Gasteiger partial charge is 0.471 e. The Morgan fingerprint density at radius 2 is 1.91 bits per heavy atom. The first kappa shape index (κ1) is 26.6. The molecule has 0 aromatic heterocycles. The Labute approximate surface area is 197 Å². The smallest absolute Gasteiger partial charge is 0.356 e. The predicted octanol–water partition coefficient (Wildman–Crippen LogP) is 0.706. The lowest BCUT2D eigenvalue weighted by Crippen LogP contribution is -2.58. The van der Waals surface area contributed by atoms with Gasteiger partial charge in [-0.2, -0.15) is 18.4 Å². The van der Waals surface area contributed by atoms with Gasteiger partial charge in [-0.05, 0) is 30.1 Å². The third kappa shape index (κ3) is 5.48. The van der Waals surface area contributed by atoms with Gasteiger partial charge in [0.25, 0.3) is 0 Å². The van der Waals surface area contributed by atoms with Crippen LogP contribution in [0.15, 0.2) is 0 Å². The second-order valence-electron chi connectivity index (χ2n) is 9.74. The number of carbonyl (C=O) groups excluding carboxylic acids is 4. The number of nitriles is 1. The Morgan fingerprint density at radius 1 is 1.26 bits per heavy atom. The molecule has 0 spiro atoms. The van der Waals surface area contributed by atoms with E-state index in [-0.39, 0.29) is 24.8 Å². The molecule has 4 amide bonds. The van der Waals surface area contributed by atoms with Crippen molar-refractivity contribution in [2.24, 2.45) is 23.2 Å². The first-order valence-electron chi connectivity index (χ1n) is 11.1. The summed E-state index contributed by atoms with van der Waals surface area (Å²) in [6.45, 7) is 4.03. The molecule has 1 aliphatic carbocycles. The molecule has 2 saturated heterocycles. The fraction of sp³-hybridized carbons (Fsp3) is 0.762. The number of nitrogens with one attached hydrogen (secondary N) is 3. The van der Waals surface area contributed by atoms with Gasteiger partial charge < -0.3 is 20.9 Å². The predicted molar refractivity (Wildman–Crippen MR) is 108 cm³/mol. The summed E-state index contributed by atoms with van der Waals surface area (Å²) < 4.78 is 64.1. The molecule has 3 N–H and O–H groups in total. The number of hydrogen-bond donors (Lipinski definition) is 3. The molecule has 9 nitrogen and oxygen atoms in total. The fourth-order valence-electron chi connectivity index (χ4n) is 5.21. The van der Waals surface area contributed by atoms with Crippen LogP contribution in [0.25, 0.3) is 0 Å². The van der Waals surface area contributed by atoms with Gasteiger partial charge >= 0.3 is 12.1 Å². The molecule has 6 atom stereocenters. The SMILES string of the molecule is CC1(C)C2CN(C(=O)[C@H](CC(F)F)NC(=O)C(F)(F)F)[C@H](C(=O)N[C@H](C#N)C[C@@H]3CCNC3=O)[C@H]21. The Hall–Kier alpha value is -2.98. The Morgan fingerprint density at radius 3 is 2.43 bits per heavy atom. The molecule has 1 unspecified atom stereocenters. The summed E-state index contributed by atoms with van der Waals surface area (Å²) in [5.74, 6) is -5.90. The van der Waals surface area contributed by atoms with Gasteiger partial charge in [0.2, 0.25) is 24.1 Å². The summed E-state index contributed by atoms with van der Waals surface area (Å²) in [4.78, 5) is 50.3. The van der Waals surface area contributed by atoms with Crippen molar-refractivity contribution < 1.29 is 41.1 Å². The van der Waals surface area contributed by atoms with E-state index < -0.39 is 72.1 Å². The van der Waals surface area contributed by atoms with Crippen LogP contribution in [0.1, 0.15) is 33.1 Å². The average molecular weight is 507 g/mol. The number of carbonyl (C=O) groups is 4. The molecule has 3 fully saturated rings. The summed E-state index contributed by atoms with van der Waals surface area (Å²) >= 11 is 0. The van der Waals surface area contributed by atoms with Gasteiger partial charge in [0.1, 0.15) is 18.1 Å². The summed E-state index contributed by atoms with van der Waals surface area (Å²) in [6.07, 6.45) is -9.44. The monoisotopic (exact) mass is 507 g/mol. The number of nitrogens with zero attached hydrogens (tertiary/aromatic N) is 2. The van der Waals surface area contributed by atoms with E-state index in [0.717, 1.165) is 4.90 Å². The summed E-state index contributed by atoms with van der Waals surface area (Å²) in [7, 11) is 0. The maximum absolute atomic E-state index is 13.2. The molecule has 2 aliphatic heterocycles. The highest BCUT2D eigenvalue weighted by Crippen LogP contribution is 2.65. The van der Waals surface area contributed by atoms with E-state index in [4.69, 9.17) is 0 Å². The van der Waals surface area contributed by atoms with Crippen molar-refractivity contribution in [3.05, 3.63) is 0 Å². The van der Waals surface area contributed by atoms with E-state index >= 15 is 0 Å². The van der Waals surface area contributed by atoms with Crippen LogP contribution in [0.3, 0.4) is 0 Å². The molecule has 14 heteroatoms. The first-order chi connectivity index (χ1) is 16.2. The lowest BCUT2D eigenvalue weighted by Gasteiger charge is -2.33. The van der Waals surface area contributed by atoms with E-state index in [1.165, 1.54) is 5.32 Å². The molecule has 2 heterocycles. The second-order valence-corrected chi connectivity index (χ2v) is 9.74. The topological polar surface area (TPSA) is 131 Å². The standard InChI is InChI=1S/C21H26F5N5O4/c1-20(2)11-8-31(18(34)12(6-13(22)23)30-19(35)21(24,25)26)15(14(11)20)17(33)29-10(7-27)5-9-3-4-28-16(9)32/h9-15H,3-6,8H2,1-2H3,(H,28,32)(H,29,33)(H,30,35)/t9-,10-,11?,12-,14-,15-/m0/s1. The maximum atomic E-state index is 13.2. The molecule has 0 aromatic rings. The van der Waals surface area contributed by atoms with Crippen molar-refractivity contribution in [1.29, 1.82) is 5.26 Å². The first-order valence-corrected chi connectivity index (χ1v) is 11.1. The third-order valence-electron chi connectivity index (χ3n) is 7.19. The van der Waals surface area contributed by atoms with Gasteiger partial charge in [0, 0.05) is 25.4 Å². The van der Waals surface area contributed by atoms with Crippen LogP contribution < -0.4 is 16.0 Å². The van der Waals surface area contributed by atoms with Gasteiger partial charge in [-0.25, -0.2) is 8.78 Å². The molecule has 35 heavy (non-hydrogen) atoms. The Kier molecular flexibility index (Phi) is 7.29. The minimum Gasteiger partial charge on any atom is -0.356 e. The molecule has 3 rings (SSSR count). The van der Waals surface area contributed by atoms with E-state index in [0.29, 0.717) is 13.0 Å². The van der Waals surface area contributed by atoms with Crippen molar-refractivity contribution in [3.8, 4) is 6.07 Å². The number of alkyl halides is 5. The molecule has 194 valence electrons. The van der Waals surface area contributed by atoms with Crippen molar-refractivity contribution in [2.75, 3.05) is 13.1 Å². The van der Waals surface area contributed by atoms with E-state index in [1.807, 2.05) is 19.9 Å². The Bertz CT molecular complexity index is 934. The quantitative estimate of drug-likeness (QED) is 0.417. The van der Waals surface area contributed by atoms with Gasteiger partial charge in [-0.15, -0.1) is 0 Å². The average Bonchev–Trinajstić information content (AvgIpc) is 3.10. The minimum atomic E-state index is -5.39. The van der Waals surface area contributed by atoms with E-state index in [2.05, 4.69) is 10.6 Å². The van der Waals surface area contributed by atoms with Gasteiger partial charge in [-0.3, -0.25) is 19.2 Å². The fourth-order valence-corrected chi connectivity index (χ4v) is 5.21. The van der Waals surface area contributed by atoms with E-state index in [1.54, 1.807) is 0 Å². The van der Waals surface area contributed by atoms with Crippen LogP contribution >= 0.6 is 0 Å². The lowest BCUT2D eigenvalue weighted by molar-refractivity contribution is -0.175. The molecule has 0 radical (unpaired) electrons. The van der Waals surface area contributed by atoms with Crippen LogP contribution in [0.2, 0.25) is 0 Å². The number of likely N-dealkylation sites (tertiary alicyclic amines) is 1. The minimum absolute atomic E-state index is 0.0296. The highest BCUT2D eigenvalue weighted by molar-refractivity contribution is 5.94. The number of fused-ring (bicyclic) bond motifs is 1. The highest BCUT2D eigenvalue weighted by atomic mass is 19.4. The zero-order valence-corrected chi connectivity index (χ0v) is 19.0. The second kappa shape index (κ2) is 9.58. The van der Waals surface area contributed by atoms with Crippen LogP contribution in [0, 0.1) is 34.5 Å². The van der Waals surface area contributed by atoms with Crippen LogP contribution in [0.4, 0.5) is 22.0 Å². The van der Waals surface area contributed by atoms with E-state index in [9.17, 15) is 46.4 Å². The summed E-state index contributed by atoms with van der Waals surface area (Å²) in [5.41, 5.74) is -0.403. The molecule has 0 bridgehead atoms. The van der Waals surface area contributed by atoms with Crippen LogP contribution in [-0.4, -0.2) is 72.3 Å². The number of piperidine rings is 1. The van der Waals surface area contributed by atoms with Gasteiger partial charge in [0.15, 0.2) is 0 Å². The van der Waals surface area contributed by atoms with Gasteiger partial charge in [0.05, 0.1) is 6.07 Å². The van der Waals surface area contributed by atoms with Crippen molar-refractivity contribution >= 4 is 23.6 Å². The lowest BCUT2D eigenvalue weighted by atomic mass is 9.97. The zero-order chi connectivity index (χ0) is 26.3. The molecule has 0 aromatic carbocycles. The van der Waals surface area contributed by atoms with Gasteiger partial charge in [-0.1, -0.05) is 13.8 Å². The number of halogens is 5. The zero-order valence-electron chi connectivity index (χ0n) is 19.0. The molecular weight excluding hydrogens is 481 g/mol. The molecule has 3 aliphatic rings. The summed E-state index contributed by atoms with van der Waals surface area (Å²) in [5, 5.41) is 15.9. The molecular formula is C21H26F5N5O4. The number of amides is 4. The maximum Gasteiger partial charge on any atom is 0.471 e. The molecule has 1 saturated carbocycles. The van der Waals surface area contributed by atoms with Crippen molar-refractivity contribution in [3.63, 3.8) is 0 Å².